The van der Waals surface area contributed by atoms with E-state index in [0.29, 0.717) is 38.9 Å². The molecule has 0 aliphatic carbocycles. The molecule has 0 aromatic heterocycles. The average molecular weight is 679 g/mol. The van der Waals surface area contributed by atoms with Gasteiger partial charge in [0.15, 0.2) is 0 Å². The highest BCUT2D eigenvalue weighted by Crippen LogP contribution is 2.16. The quantitative estimate of drug-likeness (QED) is 0.0477. The first-order chi connectivity index (χ1) is 23.7. The lowest BCUT2D eigenvalue weighted by atomic mass is 10.0. The molecule has 0 bridgehead atoms. The Balaban J connectivity index is 3.24. The number of carbonyl (C=O) groups is 2. The lowest BCUT2D eigenvalue weighted by Gasteiger charge is -2.06. The highest BCUT2D eigenvalue weighted by Gasteiger charge is 2.06. The van der Waals surface area contributed by atoms with Crippen LogP contribution in [0.5, 0.6) is 0 Å². The van der Waals surface area contributed by atoms with E-state index in [4.69, 9.17) is 9.47 Å². The molecule has 0 unspecified atom stereocenters. The number of esters is 2. The maximum Gasteiger partial charge on any atom is 0.305 e. The minimum absolute atomic E-state index is 0.122. The Hall–Kier alpha value is -1.06. The summed E-state index contributed by atoms with van der Waals surface area (Å²) in [5.74, 6) is -0.244. The van der Waals surface area contributed by atoms with Gasteiger partial charge in [0.1, 0.15) is 0 Å². The van der Waals surface area contributed by atoms with Crippen LogP contribution in [0.25, 0.3) is 0 Å². The van der Waals surface area contributed by atoms with E-state index in [1.54, 1.807) is 0 Å². The first kappa shape index (κ1) is 46.9. The van der Waals surface area contributed by atoms with Crippen LogP contribution in [0.1, 0.15) is 258 Å². The van der Waals surface area contributed by atoms with Crippen LogP contribution in [0.3, 0.4) is 0 Å². The predicted octanol–water partition coefficient (Wildman–Crippen LogP) is 14.9. The third-order valence-electron chi connectivity index (χ3n) is 10.0. The van der Waals surface area contributed by atoms with Crippen molar-refractivity contribution in [2.45, 2.75) is 258 Å². The number of ether oxygens (including phenoxy) is 2. The zero-order valence-corrected chi connectivity index (χ0v) is 32.9. The van der Waals surface area contributed by atoms with Crippen molar-refractivity contribution in [1.29, 1.82) is 0 Å². The van der Waals surface area contributed by atoms with Gasteiger partial charge in [-0.05, 0) is 25.7 Å². The van der Waals surface area contributed by atoms with E-state index in [1.165, 1.54) is 193 Å². The van der Waals surface area contributed by atoms with Gasteiger partial charge in [0.2, 0.25) is 0 Å². The molecular formula is C44H86O4. The Kier molecular flexibility index (Phi) is 41.2. The van der Waals surface area contributed by atoms with Crippen LogP contribution in [-0.4, -0.2) is 25.2 Å². The zero-order valence-electron chi connectivity index (χ0n) is 32.9. The molecule has 0 saturated carbocycles. The second kappa shape index (κ2) is 42.1. The van der Waals surface area contributed by atoms with Gasteiger partial charge in [-0.3, -0.25) is 9.59 Å². The Morgan fingerprint density at radius 3 is 0.667 bits per heavy atom. The van der Waals surface area contributed by atoms with E-state index in [1.807, 2.05) is 0 Å². The van der Waals surface area contributed by atoms with Crippen LogP contribution in [0.2, 0.25) is 0 Å². The Morgan fingerprint density at radius 1 is 0.271 bits per heavy atom. The van der Waals surface area contributed by atoms with Gasteiger partial charge in [-0.2, -0.15) is 0 Å². The summed E-state index contributed by atoms with van der Waals surface area (Å²) in [5.41, 5.74) is 0. The number of rotatable bonds is 41. The summed E-state index contributed by atoms with van der Waals surface area (Å²) < 4.78 is 10.8. The molecule has 48 heavy (non-hydrogen) atoms. The van der Waals surface area contributed by atoms with Crippen LogP contribution in [-0.2, 0) is 19.1 Å². The fourth-order valence-corrected chi connectivity index (χ4v) is 6.71. The van der Waals surface area contributed by atoms with Gasteiger partial charge in [-0.25, -0.2) is 0 Å². The Morgan fingerprint density at radius 2 is 0.458 bits per heavy atom. The average Bonchev–Trinajstić information content (AvgIpc) is 3.09. The molecule has 0 aliphatic rings. The van der Waals surface area contributed by atoms with Gasteiger partial charge in [-0.15, -0.1) is 0 Å². The van der Waals surface area contributed by atoms with Crippen LogP contribution in [0.4, 0.5) is 0 Å². The summed E-state index contributed by atoms with van der Waals surface area (Å²) in [4.78, 5) is 23.9. The summed E-state index contributed by atoms with van der Waals surface area (Å²) in [7, 11) is 0. The molecule has 0 atom stereocenters. The van der Waals surface area contributed by atoms with Crippen molar-refractivity contribution >= 4 is 11.9 Å². The maximum absolute atomic E-state index is 12.0. The van der Waals surface area contributed by atoms with Gasteiger partial charge in [0.05, 0.1) is 13.2 Å². The number of hydrogen-bond donors (Lipinski definition) is 0. The van der Waals surface area contributed by atoms with Crippen molar-refractivity contribution in [3.63, 3.8) is 0 Å². The second-order valence-electron chi connectivity index (χ2n) is 15.0. The van der Waals surface area contributed by atoms with Gasteiger partial charge in [-0.1, -0.05) is 219 Å². The smallest absolute Gasteiger partial charge is 0.305 e. The molecule has 4 nitrogen and oxygen atoms in total. The molecule has 0 aromatic carbocycles. The highest BCUT2D eigenvalue weighted by atomic mass is 16.5. The van der Waals surface area contributed by atoms with Crippen molar-refractivity contribution in [3.05, 3.63) is 0 Å². The van der Waals surface area contributed by atoms with Crippen LogP contribution < -0.4 is 0 Å². The standard InChI is InChI=1S/C44H86O4/c1-3-5-7-9-11-13-15-17-19-21-23-25-27-29-31-33-37-41-47-43(45)39-35-36-40-44(46)48-42-38-34-32-30-28-26-24-22-20-18-16-14-12-10-8-6-4-2/h3-42H2,1-2H3. The van der Waals surface area contributed by atoms with E-state index in [0.717, 1.165) is 25.7 Å². The zero-order chi connectivity index (χ0) is 34.9. The third-order valence-corrected chi connectivity index (χ3v) is 10.0. The summed E-state index contributed by atoms with van der Waals surface area (Å²) in [6.07, 6.45) is 48.2. The summed E-state index contributed by atoms with van der Waals surface area (Å²) in [6.45, 7) is 5.65. The van der Waals surface area contributed by atoms with Crippen molar-refractivity contribution in [2.24, 2.45) is 0 Å². The largest absolute Gasteiger partial charge is 0.466 e. The topological polar surface area (TPSA) is 52.6 Å². The molecule has 0 aromatic rings. The molecule has 4 heteroatoms. The number of unbranched alkanes of at least 4 members (excludes halogenated alkanes) is 33. The molecule has 0 radical (unpaired) electrons. The predicted molar refractivity (Wildman–Crippen MR) is 209 cm³/mol. The Bertz CT molecular complexity index is 579. The molecule has 0 heterocycles. The van der Waals surface area contributed by atoms with E-state index in [-0.39, 0.29) is 11.9 Å². The van der Waals surface area contributed by atoms with Crippen molar-refractivity contribution in [3.8, 4) is 0 Å². The maximum atomic E-state index is 12.0. The first-order valence-electron chi connectivity index (χ1n) is 22.0. The van der Waals surface area contributed by atoms with Gasteiger partial charge in [0.25, 0.3) is 0 Å². The summed E-state index contributed by atoms with van der Waals surface area (Å²) >= 11 is 0. The van der Waals surface area contributed by atoms with Gasteiger partial charge in [0, 0.05) is 12.8 Å². The fraction of sp³-hybridized carbons (Fsp3) is 0.955. The Labute approximate surface area is 301 Å². The molecule has 0 aliphatic heterocycles. The van der Waals surface area contributed by atoms with Crippen LogP contribution in [0, 0.1) is 0 Å². The second-order valence-corrected chi connectivity index (χ2v) is 15.0. The molecular weight excluding hydrogens is 592 g/mol. The molecule has 0 fully saturated rings. The summed E-state index contributed by atoms with van der Waals surface area (Å²) in [6, 6.07) is 0. The minimum Gasteiger partial charge on any atom is -0.466 e. The molecule has 0 amide bonds. The third kappa shape index (κ3) is 41.1. The van der Waals surface area contributed by atoms with Crippen LogP contribution >= 0.6 is 0 Å². The van der Waals surface area contributed by atoms with E-state index in [9.17, 15) is 9.59 Å². The minimum atomic E-state index is -0.122. The lowest BCUT2D eigenvalue weighted by molar-refractivity contribution is -0.146. The molecule has 0 saturated heterocycles. The van der Waals surface area contributed by atoms with Crippen molar-refractivity contribution in [1.82, 2.24) is 0 Å². The van der Waals surface area contributed by atoms with Gasteiger partial charge < -0.3 is 9.47 Å². The lowest BCUT2D eigenvalue weighted by Crippen LogP contribution is -2.08. The SMILES string of the molecule is CCCCCCCCCCCCCCCCCCCOC(=O)CCCCC(=O)OCCCCCCCCCCCCCCCCCCC. The summed E-state index contributed by atoms with van der Waals surface area (Å²) in [5, 5.41) is 0. The highest BCUT2D eigenvalue weighted by molar-refractivity contribution is 5.70. The van der Waals surface area contributed by atoms with Crippen molar-refractivity contribution < 1.29 is 19.1 Å². The van der Waals surface area contributed by atoms with E-state index >= 15 is 0 Å². The molecule has 0 N–H and O–H groups in total. The normalized spacial score (nSPS) is 11.3. The first-order valence-corrected chi connectivity index (χ1v) is 22.0. The van der Waals surface area contributed by atoms with Crippen LogP contribution in [0.15, 0.2) is 0 Å². The number of hydrogen-bond acceptors (Lipinski definition) is 4. The van der Waals surface area contributed by atoms with E-state index < -0.39 is 0 Å². The fourth-order valence-electron chi connectivity index (χ4n) is 6.71. The van der Waals surface area contributed by atoms with Gasteiger partial charge >= 0.3 is 11.9 Å². The number of carbonyl (C=O) groups excluding carboxylic acids is 2. The molecule has 286 valence electrons. The molecule has 0 spiro atoms. The molecule has 0 rings (SSSR count). The van der Waals surface area contributed by atoms with E-state index in [2.05, 4.69) is 13.8 Å². The monoisotopic (exact) mass is 679 g/mol. The van der Waals surface area contributed by atoms with Crippen molar-refractivity contribution in [2.75, 3.05) is 13.2 Å².